The molecule has 0 aromatic carbocycles. The molecular formula is C17H30OS69. The topological polar surface area (TPSA) is 20.2 Å². The number of rotatable bonds is 0. The van der Waals surface area contributed by atoms with Crippen LogP contribution >= 0.6 is 0 Å². The zero-order valence-corrected chi connectivity index (χ0v) is 96.5. The zero-order valence-electron chi connectivity index (χ0n) is 40.2. The fraction of sp³-hybridized carbons (Fsp3) is 0.765. The lowest BCUT2D eigenvalue weighted by Crippen LogP contribution is -2.06. The van der Waals surface area contributed by atoms with Gasteiger partial charge in [-0.2, -0.15) is 0 Å². The summed E-state index contributed by atoms with van der Waals surface area (Å²) >= 11 is 19.2. The van der Waals surface area contributed by atoms with Crippen molar-refractivity contribution in [2.75, 3.05) is 0 Å². The second-order valence-corrected chi connectivity index (χ2v) is 125. The minimum Gasteiger partial charge on any atom is -0.393 e. The van der Waals surface area contributed by atoms with Gasteiger partial charge < -0.3 is 5.11 Å². The third kappa shape index (κ3) is 103. The van der Waals surface area contributed by atoms with Gasteiger partial charge in [0, 0.05) is 622 Å². The van der Waals surface area contributed by atoms with Gasteiger partial charge in [-0.3, -0.25) is 0 Å². The Bertz CT molecular complexity index is 5170. The van der Waals surface area contributed by atoms with E-state index in [-0.39, 0.29) is 6.10 Å². The molecule has 0 aromatic rings. The highest BCUT2D eigenvalue weighted by Crippen LogP contribution is 2.17. The van der Waals surface area contributed by atoms with E-state index in [0.29, 0.717) is 0 Å². The van der Waals surface area contributed by atoms with Gasteiger partial charge in [-0.15, -0.1) is 0 Å². The molecule has 0 heterocycles. The molecule has 518 valence electrons. The molecule has 0 amide bonds. The van der Waals surface area contributed by atoms with E-state index in [2.05, 4.69) is 31.2 Å². The van der Waals surface area contributed by atoms with Crippen LogP contribution in [0.25, 0.3) is 0 Å². The number of aliphatic hydroxyl groups excluding tert-OH is 1. The van der Waals surface area contributed by atoms with E-state index in [1.807, 2.05) is 329 Å². The molecule has 0 bridgehead atoms. The van der Waals surface area contributed by atoms with Gasteiger partial charge in [-0.05, 0) is 63.7 Å². The summed E-state index contributed by atoms with van der Waals surface area (Å²) in [6.45, 7) is 2.36. The van der Waals surface area contributed by atoms with Crippen molar-refractivity contribution in [2.45, 2.75) is 77.2 Å². The van der Waals surface area contributed by atoms with E-state index in [1.54, 1.807) is 213 Å². The predicted octanol–water partition coefficient (Wildman–Crippen LogP) is 4.84. The van der Waals surface area contributed by atoms with Gasteiger partial charge in [-0.25, -0.2) is 0 Å². The van der Waals surface area contributed by atoms with E-state index in [0.717, 1.165) is 38.0 Å². The summed E-state index contributed by atoms with van der Waals surface area (Å²) in [6, 6.07) is 0. The van der Waals surface area contributed by atoms with Crippen molar-refractivity contribution < 1.29 is 5.11 Å². The Labute approximate surface area is 714 Å². The Balaban J connectivity index is 0. The molecule has 0 aromatic heterocycles. The van der Waals surface area contributed by atoms with Crippen LogP contribution in [0.3, 0.4) is 0 Å². The lowest BCUT2D eigenvalue weighted by Gasteiger charge is -2.10. The molecular weight excluding hydrogens is 2430 g/mol. The highest BCUT2D eigenvalue weighted by molar-refractivity contribution is 8.83. The Kier molecular flexibility index (Phi) is 120. The molecule has 2 rings (SSSR count). The predicted molar refractivity (Wildman–Crippen MR) is 588 cm³/mol. The average molecular weight is 2460 g/mol. The second kappa shape index (κ2) is 101. The van der Waals surface area contributed by atoms with E-state index >= 15 is 0 Å². The molecule has 1 nitrogen and oxygen atoms in total. The quantitative estimate of drug-likeness (QED) is 0.350. The summed E-state index contributed by atoms with van der Waals surface area (Å²) < 4.78 is 0. The standard InChI is InChI=1S/C9H16.C8H14O.S35.S34/c1-9-7-5-3-2-4-6-8-9;9-8-6-4-2-1-3-5-7-8;1-3-5-7-9-11-13-15-17-19-21-23-25-27-29-31-33-35-34-32-30-28-26-24-22-20-18-16-14-12-10-8-6-4-2;1-3-5-7-9-11-13-15-17-19-21-23-25-27-29-31-33-34-32-30-28-26-24-22-20-18-16-14-12-10-8-6-4-2/h2-3,9H,4-8H2,1H3;1-2,8-9H,3-7H2;;/b3-2+;2-1+;;/t9-;8-;;/m11../s1. The van der Waals surface area contributed by atoms with Crippen molar-refractivity contribution in [3.05, 3.63) is 24.3 Å². The SMILES string of the molecule is C[C@@H]1CC/C=C/CCC1.O[C@@H]1CC/C=C/CCC1.S=S=S=S=S=S=S=S=S=S=S=S=S=S=S=S=S=S=S=S=S=S=S=S=S=S=S=S=S=S=S=S=S=S.S=S=S=S=S=S=S=S=S=S=S=S=S=S=S=S=S=S=S=S=S=S=S=S=S=S=S=S=S=S=S=S=S=S=S. The Morgan fingerprint density at radius 3 is 0.540 bits per heavy atom. The monoisotopic (exact) mass is 2460 g/mol. The highest BCUT2D eigenvalue weighted by atomic mass is 33.5. The highest BCUT2D eigenvalue weighted by Gasteiger charge is 2.03. The molecule has 0 radical (unpaired) electrons. The average Bonchev–Trinajstić information content (AvgIpc) is 3.51. The maximum atomic E-state index is 9.18. The molecule has 2 atom stereocenters. The number of allylic oxidation sites excluding steroid dienone is 4. The molecule has 0 unspecified atom stereocenters. The van der Waals surface area contributed by atoms with Crippen molar-refractivity contribution in [3.8, 4) is 0 Å². The summed E-state index contributed by atoms with van der Waals surface area (Å²) in [6.07, 6.45) is 21.2. The molecule has 70 heteroatoms. The van der Waals surface area contributed by atoms with Gasteiger partial charge >= 0.3 is 0 Å². The Morgan fingerprint density at radius 2 is 0.356 bits per heavy atom. The normalized spacial score (nSPS) is 12.9. The first kappa shape index (κ1) is 104. The van der Waals surface area contributed by atoms with Crippen molar-refractivity contribution in [1.29, 1.82) is 0 Å². The molecule has 0 saturated heterocycles. The van der Waals surface area contributed by atoms with Crippen LogP contribution in [0.4, 0.5) is 0 Å². The maximum absolute atomic E-state index is 9.18. The second-order valence-electron chi connectivity index (χ2n) is 10.1. The van der Waals surface area contributed by atoms with Gasteiger partial charge in [0.1, 0.15) is 0 Å². The van der Waals surface area contributed by atoms with Crippen LogP contribution in [0.15, 0.2) is 24.3 Å². The molecule has 0 spiro atoms. The molecule has 1 N–H and O–H groups in total. The minimum atomic E-state index is -0.0325. The summed E-state index contributed by atoms with van der Waals surface area (Å²) in [5.41, 5.74) is 0. The van der Waals surface area contributed by atoms with Crippen LogP contribution in [0.2, 0.25) is 0 Å². The number of aliphatic hydroxyl groups is 1. The van der Waals surface area contributed by atoms with Crippen molar-refractivity contribution in [2.24, 2.45) is 5.92 Å². The lowest BCUT2D eigenvalue weighted by atomic mass is 9.96. The Morgan fingerprint density at radius 1 is 0.207 bits per heavy atom. The largest absolute Gasteiger partial charge is 0.393 e. The van der Waals surface area contributed by atoms with E-state index in [1.165, 1.54) is 67.6 Å². The van der Waals surface area contributed by atoms with Crippen LogP contribution in [0.1, 0.15) is 71.1 Å². The van der Waals surface area contributed by atoms with Gasteiger partial charge in [0.05, 0.1) is 6.10 Å². The van der Waals surface area contributed by atoms with Crippen molar-refractivity contribution in [3.63, 3.8) is 0 Å². The first-order valence-electron chi connectivity index (χ1n) is 18.9. The zero-order chi connectivity index (χ0) is 63.0. The lowest BCUT2D eigenvalue weighted by molar-refractivity contribution is 0.152. The van der Waals surface area contributed by atoms with Gasteiger partial charge in [0.15, 0.2) is 0 Å². The van der Waals surface area contributed by atoms with Gasteiger partial charge in [-0.1, -0.05) is 37.6 Å². The molecule has 2 aliphatic carbocycles. The summed E-state index contributed by atoms with van der Waals surface area (Å²) in [4.78, 5) is 0. The van der Waals surface area contributed by atoms with Crippen LogP contribution in [-0.2, 0) is 622 Å². The number of hydrogen-bond donors (Lipinski definition) is 1. The van der Waals surface area contributed by atoms with Gasteiger partial charge in [0.2, 0.25) is 0 Å². The first-order chi connectivity index (χ1) is 43.1. The smallest absolute Gasteiger partial charge is 0.0543 e. The summed E-state index contributed by atoms with van der Waals surface area (Å²) in [5, 5.41) is 9.18. The van der Waals surface area contributed by atoms with Crippen LogP contribution in [0, 0.1) is 5.92 Å². The van der Waals surface area contributed by atoms with E-state index in [4.69, 9.17) is 44.8 Å². The van der Waals surface area contributed by atoms with Crippen LogP contribution in [-0.4, -0.2) is 11.2 Å². The van der Waals surface area contributed by atoms with E-state index < -0.39 is 0 Å². The maximum Gasteiger partial charge on any atom is 0.0543 e. The fourth-order valence-corrected chi connectivity index (χ4v) is 171. The summed E-state index contributed by atoms with van der Waals surface area (Å²) in [7, 11) is 115. The third-order valence-corrected chi connectivity index (χ3v) is 146. The molecule has 87 heavy (non-hydrogen) atoms. The van der Waals surface area contributed by atoms with E-state index in [9.17, 15) is 5.11 Å². The molecule has 2 aliphatic rings. The Hall–Kier alpha value is 14.6. The molecule has 0 fully saturated rings. The fourth-order valence-electron chi connectivity index (χ4n) is 3.18. The third-order valence-electron chi connectivity index (χ3n) is 5.55. The first-order valence-corrected chi connectivity index (χ1v) is 108. The van der Waals surface area contributed by atoms with Crippen molar-refractivity contribution in [1.82, 2.24) is 0 Å². The summed E-state index contributed by atoms with van der Waals surface area (Å²) in [5.74, 6) is 0.968. The van der Waals surface area contributed by atoms with Crippen LogP contribution in [0.5, 0.6) is 0 Å². The molecule has 0 aliphatic heterocycles. The van der Waals surface area contributed by atoms with Crippen LogP contribution < -0.4 is 0 Å². The minimum absolute atomic E-state index is 0.0325. The molecule has 0 saturated carbocycles. The van der Waals surface area contributed by atoms with Crippen molar-refractivity contribution >= 4 is 622 Å². The number of hydrogen-bond acceptors (Lipinski definition) is 5. The van der Waals surface area contributed by atoms with Gasteiger partial charge in [0.25, 0.3) is 0 Å².